The van der Waals surface area contributed by atoms with Crippen LogP contribution in [0.4, 0.5) is 0 Å². The Labute approximate surface area is 141 Å². The predicted molar refractivity (Wildman–Crippen MR) is 83.6 cm³/mol. The molecule has 0 bridgehead atoms. The third kappa shape index (κ3) is 5.26. The largest absolute Gasteiger partial charge is 0.505 e. The molecule has 1 heterocycles. The molecule has 1 N–H and O–H groups in total. The molecule has 9 heteroatoms. The molecule has 0 fully saturated rings. The maximum atomic E-state index is 12.0. The molecule has 0 unspecified atom stereocenters. The van der Waals surface area contributed by atoms with Crippen LogP contribution in [0.5, 0.6) is 5.75 Å². The second-order valence-corrected chi connectivity index (χ2v) is 6.32. The number of nitriles is 1. The van der Waals surface area contributed by atoms with Crippen molar-refractivity contribution in [2.24, 2.45) is 0 Å². The molecular formula is C14H15NO6S2. The zero-order valence-corrected chi connectivity index (χ0v) is 14.2. The fraction of sp³-hybridized carbons (Fsp3) is 0.429. The molecule has 1 rings (SSSR count). The third-order valence-electron chi connectivity index (χ3n) is 2.45. The van der Waals surface area contributed by atoms with Crippen molar-refractivity contribution in [1.29, 1.82) is 5.26 Å². The highest BCUT2D eigenvalue weighted by Gasteiger charge is 2.25. The van der Waals surface area contributed by atoms with Crippen LogP contribution in [-0.4, -0.2) is 41.8 Å². The average Bonchev–Trinajstić information content (AvgIpc) is 2.81. The number of carbonyl (C=O) groups is 3. The molecule has 124 valence electrons. The molecule has 0 saturated carbocycles. The number of rotatable bonds is 8. The highest BCUT2D eigenvalue weighted by atomic mass is 32.2. The first-order valence-electron chi connectivity index (χ1n) is 6.67. The minimum atomic E-state index is -0.704. The molecule has 0 amide bonds. The zero-order chi connectivity index (χ0) is 17.4. The van der Waals surface area contributed by atoms with E-state index >= 15 is 0 Å². The van der Waals surface area contributed by atoms with Crippen LogP contribution < -0.4 is 0 Å². The van der Waals surface area contributed by atoms with Crippen LogP contribution in [0, 0.1) is 11.3 Å². The van der Waals surface area contributed by atoms with Crippen LogP contribution >= 0.6 is 23.1 Å². The standard InChI is InChI=1S/C14H15NO6S2/c1-3-20-10(17)5-9(16)13-12(19)8(6-15)14(23-13)22-7-11(18)21-4-2/h19H,3-5,7H2,1-2H3. The summed E-state index contributed by atoms with van der Waals surface area (Å²) in [7, 11) is 0. The minimum absolute atomic E-state index is 0.0476. The first-order valence-corrected chi connectivity index (χ1v) is 8.47. The Hall–Kier alpha value is -2.05. The van der Waals surface area contributed by atoms with Gasteiger partial charge >= 0.3 is 11.9 Å². The van der Waals surface area contributed by atoms with Gasteiger partial charge in [0, 0.05) is 0 Å². The maximum Gasteiger partial charge on any atom is 0.316 e. The molecule has 0 atom stereocenters. The van der Waals surface area contributed by atoms with Gasteiger partial charge in [-0.05, 0) is 13.8 Å². The molecule has 0 saturated heterocycles. The summed E-state index contributed by atoms with van der Waals surface area (Å²) in [5.74, 6) is -2.32. The molecule has 0 aromatic carbocycles. The van der Waals surface area contributed by atoms with Gasteiger partial charge < -0.3 is 14.6 Å². The zero-order valence-electron chi connectivity index (χ0n) is 12.6. The van der Waals surface area contributed by atoms with Gasteiger partial charge in [-0.1, -0.05) is 0 Å². The first-order chi connectivity index (χ1) is 10.9. The number of ether oxygens (including phenoxy) is 2. The average molecular weight is 357 g/mol. The van der Waals surface area contributed by atoms with Gasteiger partial charge in [-0.15, -0.1) is 23.1 Å². The van der Waals surface area contributed by atoms with E-state index in [1.807, 2.05) is 0 Å². The van der Waals surface area contributed by atoms with E-state index in [9.17, 15) is 19.5 Å². The van der Waals surface area contributed by atoms with Crippen molar-refractivity contribution < 1.29 is 29.0 Å². The van der Waals surface area contributed by atoms with E-state index in [0.717, 1.165) is 23.1 Å². The molecule has 0 aliphatic rings. The number of hydrogen-bond acceptors (Lipinski definition) is 9. The quantitative estimate of drug-likeness (QED) is 0.326. The second-order valence-electron chi connectivity index (χ2n) is 4.05. The van der Waals surface area contributed by atoms with Crippen LogP contribution in [0.15, 0.2) is 4.21 Å². The Balaban J connectivity index is 2.90. The Morgan fingerprint density at radius 3 is 2.39 bits per heavy atom. The minimum Gasteiger partial charge on any atom is -0.505 e. The third-order valence-corrected chi connectivity index (χ3v) is 4.92. The van der Waals surface area contributed by atoms with Crippen LogP contribution in [0.2, 0.25) is 0 Å². The lowest BCUT2D eigenvalue weighted by molar-refractivity contribution is -0.142. The normalized spacial score (nSPS) is 9.96. The summed E-state index contributed by atoms with van der Waals surface area (Å²) in [5, 5.41) is 19.1. The summed E-state index contributed by atoms with van der Waals surface area (Å²) in [5.41, 5.74) is -0.0866. The second kappa shape index (κ2) is 9.17. The van der Waals surface area contributed by atoms with Crippen molar-refractivity contribution in [3.63, 3.8) is 0 Å². The molecule has 0 spiro atoms. The number of ketones is 1. The van der Waals surface area contributed by atoms with Gasteiger partial charge in [0.05, 0.1) is 23.2 Å². The number of carbonyl (C=O) groups excluding carboxylic acids is 3. The van der Waals surface area contributed by atoms with Crippen molar-refractivity contribution in [2.45, 2.75) is 24.5 Å². The van der Waals surface area contributed by atoms with E-state index in [0.29, 0.717) is 4.21 Å². The smallest absolute Gasteiger partial charge is 0.316 e. The van der Waals surface area contributed by atoms with Gasteiger partial charge in [0.1, 0.15) is 22.9 Å². The lowest BCUT2D eigenvalue weighted by atomic mass is 10.2. The van der Waals surface area contributed by atoms with Gasteiger partial charge in [-0.25, -0.2) is 0 Å². The fourth-order valence-corrected chi connectivity index (χ4v) is 3.64. The number of thioether (sulfide) groups is 1. The Kier molecular flexibility index (Phi) is 7.57. The Morgan fingerprint density at radius 2 is 1.83 bits per heavy atom. The van der Waals surface area contributed by atoms with E-state index in [-0.39, 0.29) is 29.4 Å². The van der Waals surface area contributed by atoms with Crippen LogP contribution in [0.3, 0.4) is 0 Å². The van der Waals surface area contributed by atoms with E-state index < -0.39 is 29.9 Å². The number of thiophene rings is 1. The summed E-state index contributed by atoms with van der Waals surface area (Å²) in [4.78, 5) is 34.6. The van der Waals surface area contributed by atoms with Gasteiger partial charge in [0.15, 0.2) is 11.5 Å². The van der Waals surface area contributed by atoms with Crippen molar-refractivity contribution in [1.82, 2.24) is 0 Å². The highest BCUT2D eigenvalue weighted by molar-refractivity contribution is 8.01. The molecule has 0 radical (unpaired) electrons. The lowest BCUT2D eigenvalue weighted by Gasteiger charge is -2.00. The van der Waals surface area contributed by atoms with Gasteiger partial charge in [-0.2, -0.15) is 5.26 Å². The monoisotopic (exact) mass is 357 g/mol. The van der Waals surface area contributed by atoms with E-state index in [1.165, 1.54) is 0 Å². The predicted octanol–water partition coefficient (Wildman–Crippen LogP) is 2.12. The topological polar surface area (TPSA) is 114 Å². The maximum absolute atomic E-state index is 12.0. The van der Waals surface area contributed by atoms with Gasteiger partial charge in [0.2, 0.25) is 0 Å². The molecule has 0 aliphatic carbocycles. The van der Waals surface area contributed by atoms with Crippen LogP contribution in [-0.2, 0) is 19.1 Å². The van der Waals surface area contributed by atoms with E-state index in [4.69, 9.17) is 10.00 Å². The Bertz CT molecular complexity index is 646. The Morgan fingerprint density at radius 1 is 1.22 bits per heavy atom. The lowest BCUT2D eigenvalue weighted by Crippen LogP contribution is -2.10. The molecule has 1 aromatic rings. The number of Topliss-reactive ketones (excluding diaryl/α,β-unsaturated/α-hetero) is 1. The van der Waals surface area contributed by atoms with Crippen molar-refractivity contribution in [3.8, 4) is 11.8 Å². The van der Waals surface area contributed by atoms with Crippen molar-refractivity contribution >= 4 is 40.8 Å². The molecular weight excluding hydrogens is 342 g/mol. The van der Waals surface area contributed by atoms with E-state index in [2.05, 4.69) is 4.74 Å². The molecule has 0 aliphatic heterocycles. The fourth-order valence-electron chi connectivity index (χ4n) is 1.54. The highest BCUT2D eigenvalue weighted by Crippen LogP contribution is 2.40. The number of nitrogens with zero attached hydrogens (tertiary/aromatic N) is 1. The molecule has 7 nitrogen and oxygen atoms in total. The molecule has 23 heavy (non-hydrogen) atoms. The van der Waals surface area contributed by atoms with E-state index in [1.54, 1.807) is 19.9 Å². The van der Waals surface area contributed by atoms with Crippen LogP contribution in [0.25, 0.3) is 0 Å². The first kappa shape index (κ1) is 19.0. The SMILES string of the molecule is CCOC(=O)CSc1sc(C(=O)CC(=O)OCC)c(O)c1C#N. The number of aromatic hydroxyl groups is 1. The summed E-state index contributed by atoms with van der Waals surface area (Å²) in [6, 6.07) is 1.79. The van der Waals surface area contributed by atoms with Crippen LogP contribution in [0.1, 0.15) is 35.5 Å². The van der Waals surface area contributed by atoms with Gasteiger partial charge in [-0.3, -0.25) is 14.4 Å². The van der Waals surface area contributed by atoms with Crippen molar-refractivity contribution in [2.75, 3.05) is 19.0 Å². The number of hydrogen-bond donors (Lipinski definition) is 1. The summed E-state index contributed by atoms with van der Waals surface area (Å²) >= 11 is 1.86. The molecule has 1 aromatic heterocycles. The number of esters is 2. The van der Waals surface area contributed by atoms with Crippen molar-refractivity contribution in [3.05, 3.63) is 10.4 Å². The summed E-state index contributed by atoms with van der Waals surface area (Å²) in [6.45, 7) is 3.67. The summed E-state index contributed by atoms with van der Waals surface area (Å²) < 4.78 is 9.77. The van der Waals surface area contributed by atoms with Gasteiger partial charge in [0.25, 0.3) is 0 Å². The summed E-state index contributed by atoms with van der Waals surface area (Å²) in [6.07, 6.45) is -0.519.